The van der Waals surface area contributed by atoms with Gasteiger partial charge in [-0.15, -0.1) is 0 Å². The van der Waals surface area contributed by atoms with Crippen LogP contribution in [0.2, 0.25) is 0 Å². The Morgan fingerprint density at radius 2 is 1.95 bits per heavy atom. The predicted molar refractivity (Wildman–Crippen MR) is 82.3 cm³/mol. The van der Waals surface area contributed by atoms with Crippen molar-refractivity contribution in [3.63, 3.8) is 0 Å². The molecule has 0 saturated heterocycles. The maximum Gasteiger partial charge on any atom is 0.242 e. The van der Waals surface area contributed by atoms with Crippen LogP contribution in [0.3, 0.4) is 0 Å². The van der Waals surface area contributed by atoms with Crippen molar-refractivity contribution in [2.24, 2.45) is 5.92 Å². The Bertz CT molecular complexity index is 498. The van der Waals surface area contributed by atoms with Gasteiger partial charge in [-0.1, -0.05) is 20.8 Å². The van der Waals surface area contributed by atoms with Gasteiger partial charge in [-0.25, -0.2) is 18.1 Å². The van der Waals surface area contributed by atoms with E-state index in [2.05, 4.69) is 35.8 Å². The Hall–Kier alpha value is -1.14. The molecule has 0 fully saturated rings. The van der Waals surface area contributed by atoms with Crippen LogP contribution in [-0.4, -0.2) is 26.0 Å². The number of anilines is 1. The number of rotatable bonds is 8. The summed E-state index contributed by atoms with van der Waals surface area (Å²) in [5.74, 6) is 1.15. The van der Waals surface area contributed by atoms with E-state index in [-0.39, 0.29) is 10.9 Å². The smallest absolute Gasteiger partial charge is 0.242 e. The highest BCUT2D eigenvalue weighted by Crippen LogP contribution is 2.13. The first-order valence-corrected chi connectivity index (χ1v) is 8.55. The fourth-order valence-corrected chi connectivity index (χ4v) is 3.19. The van der Waals surface area contributed by atoms with Gasteiger partial charge in [0.25, 0.3) is 0 Å². The molecular formula is C14H25N3O2S. The summed E-state index contributed by atoms with van der Waals surface area (Å²) in [5.41, 5.74) is 0. The summed E-state index contributed by atoms with van der Waals surface area (Å²) in [6, 6.07) is 3.19. The van der Waals surface area contributed by atoms with Gasteiger partial charge in [0.05, 0.1) is 0 Å². The van der Waals surface area contributed by atoms with Crippen LogP contribution in [0.4, 0.5) is 5.82 Å². The molecule has 114 valence electrons. The molecule has 1 aromatic rings. The van der Waals surface area contributed by atoms with Gasteiger partial charge in [0, 0.05) is 18.8 Å². The van der Waals surface area contributed by atoms with Crippen molar-refractivity contribution in [2.45, 2.75) is 51.5 Å². The molecule has 2 N–H and O–H groups in total. The van der Waals surface area contributed by atoms with Crippen LogP contribution < -0.4 is 10.0 Å². The van der Waals surface area contributed by atoms with Crippen molar-refractivity contribution in [1.82, 2.24) is 9.71 Å². The maximum absolute atomic E-state index is 12.2. The van der Waals surface area contributed by atoms with Crippen LogP contribution in [0.1, 0.15) is 40.5 Å². The Morgan fingerprint density at radius 3 is 2.45 bits per heavy atom. The fraction of sp³-hybridized carbons (Fsp3) is 0.643. The molecule has 0 aliphatic heterocycles. The molecule has 1 atom stereocenters. The van der Waals surface area contributed by atoms with E-state index in [1.165, 1.54) is 6.20 Å². The first-order chi connectivity index (χ1) is 9.35. The maximum atomic E-state index is 12.2. The number of aromatic nitrogens is 1. The van der Waals surface area contributed by atoms with Crippen molar-refractivity contribution in [2.75, 3.05) is 11.9 Å². The first kappa shape index (κ1) is 16.9. The molecule has 6 heteroatoms. The third-order valence-electron chi connectivity index (χ3n) is 2.78. The molecule has 0 aliphatic carbocycles. The number of hydrogen-bond donors (Lipinski definition) is 2. The molecule has 1 aromatic heterocycles. The second kappa shape index (κ2) is 7.59. The van der Waals surface area contributed by atoms with E-state index in [1.54, 1.807) is 12.1 Å². The summed E-state index contributed by atoms with van der Waals surface area (Å²) < 4.78 is 27.0. The van der Waals surface area contributed by atoms with Gasteiger partial charge >= 0.3 is 0 Å². The quantitative estimate of drug-likeness (QED) is 0.774. The van der Waals surface area contributed by atoms with Gasteiger partial charge in [-0.3, -0.25) is 0 Å². The lowest BCUT2D eigenvalue weighted by Crippen LogP contribution is -2.33. The van der Waals surface area contributed by atoms with Gasteiger partial charge in [0.15, 0.2) is 0 Å². The molecule has 1 rings (SSSR count). The van der Waals surface area contributed by atoms with Gasteiger partial charge in [0.2, 0.25) is 10.0 Å². The van der Waals surface area contributed by atoms with Crippen molar-refractivity contribution in [3.05, 3.63) is 18.3 Å². The second-order valence-electron chi connectivity index (χ2n) is 5.46. The lowest BCUT2D eigenvalue weighted by atomic mass is 10.1. The zero-order valence-corrected chi connectivity index (χ0v) is 13.5. The monoisotopic (exact) mass is 299 g/mol. The number of hydrogen-bond acceptors (Lipinski definition) is 4. The average molecular weight is 299 g/mol. The van der Waals surface area contributed by atoms with Crippen LogP contribution in [-0.2, 0) is 10.0 Å². The Kier molecular flexibility index (Phi) is 6.42. The van der Waals surface area contributed by atoms with Crippen LogP contribution in [0.15, 0.2) is 23.2 Å². The van der Waals surface area contributed by atoms with E-state index in [1.807, 2.05) is 6.92 Å². The third kappa shape index (κ3) is 5.46. The molecular weight excluding hydrogens is 274 g/mol. The summed E-state index contributed by atoms with van der Waals surface area (Å²) in [4.78, 5) is 4.32. The number of nitrogens with zero attached hydrogens (tertiary/aromatic N) is 1. The number of nitrogens with one attached hydrogen (secondary N) is 2. The third-order valence-corrected chi connectivity index (χ3v) is 4.36. The summed E-state index contributed by atoms with van der Waals surface area (Å²) >= 11 is 0. The van der Waals surface area contributed by atoms with Crippen molar-refractivity contribution in [1.29, 1.82) is 0 Å². The standard InChI is InChI=1S/C14H25N3O2S/c1-5-8-15-14-7-6-13(10-16-14)20(18,19)17-12(4)9-11(2)3/h6-7,10-12,17H,5,8-9H2,1-4H3,(H,15,16). The number of pyridine rings is 1. The highest BCUT2D eigenvalue weighted by atomic mass is 32.2. The molecule has 0 saturated carbocycles. The topological polar surface area (TPSA) is 71.1 Å². The van der Waals surface area contributed by atoms with Gasteiger partial charge in [-0.2, -0.15) is 0 Å². The largest absolute Gasteiger partial charge is 0.370 e. The van der Waals surface area contributed by atoms with Crippen LogP contribution >= 0.6 is 0 Å². The SMILES string of the molecule is CCCNc1ccc(S(=O)(=O)NC(C)CC(C)C)cn1. The van der Waals surface area contributed by atoms with Crippen LogP contribution in [0.5, 0.6) is 0 Å². The molecule has 20 heavy (non-hydrogen) atoms. The molecule has 0 radical (unpaired) electrons. The van der Waals surface area contributed by atoms with Crippen LogP contribution in [0.25, 0.3) is 0 Å². The zero-order valence-electron chi connectivity index (χ0n) is 12.7. The molecule has 1 unspecified atom stereocenters. The first-order valence-electron chi connectivity index (χ1n) is 7.07. The molecule has 0 amide bonds. The summed E-state index contributed by atoms with van der Waals surface area (Å²) in [7, 11) is -3.48. The fourth-order valence-electron chi connectivity index (χ4n) is 1.99. The number of sulfonamides is 1. The highest BCUT2D eigenvalue weighted by Gasteiger charge is 2.18. The minimum absolute atomic E-state index is 0.0853. The normalized spacial score (nSPS) is 13.4. The molecule has 0 bridgehead atoms. The molecule has 0 aromatic carbocycles. The lowest BCUT2D eigenvalue weighted by molar-refractivity contribution is 0.482. The van der Waals surface area contributed by atoms with Crippen molar-refractivity contribution < 1.29 is 8.42 Å². The van der Waals surface area contributed by atoms with E-state index in [0.717, 1.165) is 19.4 Å². The van der Waals surface area contributed by atoms with E-state index in [4.69, 9.17) is 0 Å². The Labute approximate surface area is 122 Å². The molecule has 0 aliphatic rings. The second-order valence-corrected chi connectivity index (χ2v) is 7.17. The summed E-state index contributed by atoms with van der Waals surface area (Å²) in [5, 5.41) is 3.11. The van der Waals surface area contributed by atoms with Gasteiger partial charge < -0.3 is 5.32 Å². The summed E-state index contributed by atoms with van der Waals surface area (Å²) in [6.07, 6.45) is 3.20. The Balaban J connectivity index is 2.72. The van der Waals surface area contributed by atoms with Crippen molar-refractivity contribution in [3.8, 4) is 0 Å². The molecule has 1 heterocycles. The molecule has 5 nitrogen and oxygen atoms in total. The van der Waals surface area contributed by atoms with Crippen molar-refractivity contribution >= 4 is 15.8 Å². The van der Waals surface area contributed by atoms with Gasteiger partial charge in [-0.05, 0) is 37.8 Å². The van der Waals surface area contributed by atoms with E-state index >= 15 is 0 Å². The summed E-state index contributed by atoms with van der Waals surface area (Å²) in [6.45, 7) is 8.90. The zero-order chi connectivity index (χ0) is 15.2. The predicted octanol–water partition coefficient (Wildman–Crippen LogP) is 2.62. The minimum atomic E-state index is -3.48. The molecule has 0 spiro atoms. The highest BCUT2D eigenvalue weighted by molar-refractivity contribution is 7.89. The van der Waals surface area contributed by atoms with Crippen LogP contribution in [0, 0.1) is 5.92 Å². The van der Waals surface area contributed by atoms with E-state index in [9.17, 15) is 8.42 Å². The minimum Gasteiger partial charge on any atom is -0.370 e. The lowest BCUT2D eigenvalue weighted by Gasteiger charge is -2.16. The average Bonchev–Trinajstić information content (AvgIpc) is 2.35. The Morgan fingerprint density at radius 1 is 1.25 bits per heavy atom. The van der Waals surface area contributed by atoms with E-state index in [0.29, 0.717) is 11.7 Å². The van der Waals surface area contributed by atoms with Gasteiger partial charge in [0.1, 0.15) is 10.7 Å². The van der Waals surface area contributed by atoms with E-state index < -0.39 is 10.0 Å².